The van der Waals surface area contributed by atoms with E-state index < -0.39 is 21.5 Å². The van der Waals surface area contributed by atoms with Crippen LogP contribution in [0.5, 0.6) is 5.75 Å². The number of carbonyl (C=O) groups is 1. The first kappa shape index (κ1) is 21.5. The van der Waals surface area contributed by atoms with Crippen molar-refractivity contribution in [3.8, 4) is 5.75 Å². The Balaban J connectivity index is 1.85. The van der Waals surface area contributed by atoms with Gasteiger partial charge in [0.05, 0.1) is 23.0 Å². The van der Waals surface area contributed by atoms with Crippen molar-refractivity contribution in [2.24, 2.45) is 0 Å². The lowest BCUT2D eigenvalue weighted by Gasteiger charge is -2.38. The summed E-state index contributed by atoms with van der Waals surface area (Å²) in [6.45, 7) is 5.54. The fourth-order valence-corrected chi connectivity index (χ4v) is 4.65. The zero-order valence-electron chi connectivity index (χ0n) is 16.9. The molecule has 0 saturated heterocycles. The molecule has 1 N–H and O–H groups in total. The van der Waals surface area contributed by atoms with Crippen molar-refractivity contribution in [1.82, 2.24) is 5.32 Å². The molecule has 156 valence electrons. The van der Waals surface area contributed by atoms with Gasteiger partial charge < -0.3 is 10.1 Å². The van der Waals surface area contributed by atoms with Gasteiger partial charge in [0, 0.05) is 12.0 Å². The maximum absolute atomic E-state index is 12.8. The predicted molar refractivity (Wildman–Crippen MR) is 115 cm³/mol. The van der Waals surface area contributed by atoms with E-state index in [-0.39, 0.29) is 23.3 Å². The van der Waals surface area contributed by atoms with Gasteiger partial charge in [0.25, 0.3) is 0 Å². The third-order valence-electron chi connectivity index (χ3n) is 4.77. The number of hydrogen-bond acceptors (Lipinski definition) is 4. The van der Waals surface area contributed by atoms with Gasteiger partial charge in [-0.2, -0.15) is 0 Å². The van der Waals surface area contributed by atoms with Crippen LogP contribution in [0.1, 0.15) is 37.4 Å². The summed E-state index contributed by atoms with van der Waals surface area (Å²) in [5.74, 6) is 0.321. The maximum atomic E-state index is 12.8. The molecule has 3 rings (SSSR count). The topological polar surface area (TPSA) is 75.7 Å². The van der Waals surface area contributed by atoms with E-state index >= 15 is 0 Å². The lowest BCUT2D eigenvalue weighted by Crippen LogP contribution is -2.45. The number of nitrogens with zero attached hydrogens (tertiary/aromatic N) is 1. The molecule has 2 aromatic carbocycles. The van der Waals surface area contributed by atoms with Gasteiger partial charge in [0.15, 0.2) is 0 Å². The Morgan fingerprint density at radius 3 is 2.62 bits per heavy atom. The summed E-state index contributed by atoms with van der Waals surface area (Å²) in [5, 5.41) is 3.24. The molecule has 8 heteroatoms. The largest absolute Gasteiger partial charge is 0.487 e. The number of halogens is 1. The number of rotatable bonds is 5. The summed E-state index contributed by atoms with van der Waals surface area (Å²) in [6, 6.07) is 12.1. The van der Waals surface area contributed by atoms with Crippen LogP contribution in [0.2, 0.25) is 5.02 Å². The normalized spacial score (nSPS) is 17.8. The minimum absolute atomic E-state index is 0.263. The molecular formula is C21H25ClN2O4S. The number of para-hydroxylation sites is 1. The Kier molecular flexibility index (Phi) is 5.83. The number of ether oxygens (including phenoxy) is 1. The highest BCUT2D eigenvalue weighted by atomic mass is 35.5. The molecule has 0 aromatic heterocycles. The van der Waals surface area contributed by atoms with Crippen LogP contribution < -0.4 is 14.4 Å². The Bertz CT molecular complexity index is 1040. The number of amides is 1. The van der Waals surface area contributed by atoms with Gasteiger partial charge in [0.1, 0.15) is 17.9 Å². The molecule has 2 aromatic rings. The van der Waals surface area contributed by atoms with Gasteiger partial charge in [-0.05, 0) is 44.5 Å². The Morgan fingerprint density at radius 1 is 1.28 bits per heavy atom. The SMILES string of the molecule is Cc1ccc2c(c1)OC(C)(C)C[C@H]2NC(=O)CN(c1ccccc1Cl)S(C)(=O)=O. The van der Waals surface area contributed by atoms with E-state index in [1.54, 1.807) is 24.3 Å². The first-order chi connectivity index (χ1) is 13.5. The van der Waals surface area contributed by atoms with Crippen LogP contribution in [0.25, 0.3) is 0 Å². The number of hydrogen-bond donors (Lipinski definition) is 1. The van der Waals surface area contributed by atoms with Crippen molar-refractivity contribution in [1.29, 1.82) is 0 Å². The molecular weight excluding hydrogens is 412 g/mol. The highest BCUT2D eigenvalue weighted by Crippen LogP contribution is 2.40. The third-order valence-corrected chi connectivity index (χ3v) is 6.22. The lowest BCUT2D eigenvalue weighted by atomic mass is 9.89. The predicted octanol–water partition coefficient (Wildman–Crippen LogP) is 3.83. The standard InChI is InChI=1S/C21H25ClN2O4S/c1-14-9-10-15-17(12-21(2,3)28-19(15)11-14)23-20(25)13-24(29(4,26)27)18-8-6-5-7-16(18)22/h5-11,17H,12-13H2,1-4H3,(H,23,25)/t17-/m1/s1. The van der Waals surface area contributed by atoms with Crippen LogP contribution in [0.15, 0.2) is 42.5 Å². The molecule has 0 bridgehead atoms. The first-order valence-corrected chi connectivity index (χ1v) is 11.5. The summed E-state index contributed by atoms with van der Waals surface area (Å²) >= 11 is 6.17. The number of anilines is 1. The average molecular weight is 437 g/mol. The van der Waals surface area contributed by atoms with Gasteiger partial charge in [-0.25, -0.2) is 8.42 Å². The molecule has 0 spiro atoms. The number of sulfonamides is 1. The van der Waals surface area contributed by atoms with E-state index in [0.29, 0.717) is 6.42 Å². The third kappa shape index (κ3) is 5.03. The van der Waals surface area contributed by atoms with Crippen molar-refractivity contribution in [3.05, 3.63) is 58.6 Å². The lowest BCUT2D eigenvalue weighted by molar-refractivity contribution is -0.120. The second-order valence-electron chi connectivity index (χ2n) is 7.95. The monoisotopic (exact) mass is 436 g/mol. The van der Waals surface area contributed by atoms with Gasteiger partial charge in [-0.1, -0.05) is 35.9 Å². The van der Waals surface area contributed by atoms with Crippen LogP contribution in [0, 0.1) is 6.92 Å². The summed E-state index contributed by atoms with van der Waals surface area (Å²) in [7, 11) is -3.70. The number of benzene rings is 2. The average Bonchev–Trinajstić information content (AvgIpc) is 2.58. The molecule has 1 aliphatic heterocycles. The van der Waals surface area contributed by atoms with Crippen LogP contribution in [-0.2, 0) is 14.8 Å². The Morgan fingerprint density at radius 2 is 1.97 bits per heavy atom. The number of fused-ring (bicyclic) bond motifs is 1. The van der Waals surface area contributed by atoms with E-state index in [4.69, 9.17) is 16.3 Å². The summed E-state index contributed by atoms with van der Waals surface area (Å²) in [5.41, 5.74) is 1.76. The summed E-state index contributed by atoms with van der Waals surface area (Å²) in [6.07, 6.45) is 1.62. The minimum atomic E-state index is -3.70. The fraction of sp³-hybridized carbons (Fsp3) is 0.381. The zero-order chi connectivity index (χ0) is 21.4. The molecule has 1 heterocycles. The van der Waals surface area contributed by atoms with Crippen molar-refractivity contribution in [2.75, 3.05) is 17.1 Å². The van der Waals surface area contributed by atoms with Crippen molar-refractivity contribution in [3.63, 3.8) is 0 Å². The number of aryl methyl sites for hydroxylation is 1. The van der Waals surface area contributed by atoms with Crippen LogP contribution in [0.4, 0.5) is 5.69 Å². The molecule has 0 aliphatic carbocycles. The molecule has 0 saturated carbocycles. The van der Waals surface area contributed by atoms with E-state index in [1.165, 1.54) is 0 Å². The number of nitrogens with one attached hydrogen (secondary N) is 1. The second kappa shape index (κ2) is 7.88. The number of carbonyl (C=O) groups excluding carboxylic acids is 1. The van der Waals surface area contributed by atoms with E-state index in [9.17, 15) is 13.2 Å². The van der Waals surface area contributed by atoms with Crippen LogP contribution in [-0.4, -0.2) is 32.7 Å². The zero-order valence-corrected chi connectivity index (χ0v) is 18.5. The molecule has 1 aliphatic rings. The van der Waals surface area contributed by atoms with E-state index in [1.807, 2.05) is 39.0 Å². The molecule has 0 radical (unpaired) electrons. The van der Waals surface area contributed by atoms with Crippen molar-refractivity contribution >= 4 is 33.2 Å². The van der Waals surface area contributed by atoms with Gasteiger partial charge in [-0.3, -0.25) is 9.10 Å². The molecule has 29 heavy (non-hydrogen) atoms. The summed E-state index contributed by atoms with van der Waals surface area (Å²) < 4.78 is 31.7. The first-order valence-electron chi connectivity index (χ1n) is 9.27. The highest BCUT2D eigenvalue weighted by molar-refractivity contribution is 7.92. The Hall–Kier alpha value is -2.25. The quantitative estimate of drug-likeness (QED) is 0.772. The molecule has 6 nitrogen and oxygen atoms in total. The maximum Gasteiger partial charge on any atom is 0.241 e. The van der Waals surface area contributed by atoms with Crippen molar-refractivity contribution in [2.45, 2.75) is 38.8 Å². The van der Waals surface area contributed by atoms with Gasteiger partial charge in [0.2, 0.25) is 15.9 Å². The highest BCUT2D eigenvalue weighted by Gasteiger charge is 2.35. The van der Waals surface area contributed by atoms with Gasteiger partial charge >= 0.3 is 0 Å². The van der Waals surface area contributed by atoms with E-state index in [2.05, 4.69) is 5.32 Å². The van der Waals surface area contributed by atoms with Gasteiger partial charge in [-0.15, -0.1) is 0 Å². The molecule has 1 amide bonds. The van der Waals surface area contributed by atoms with Crippen LogP contribution in [0.3, 0.4) is 0 Å². The molecule has 0 fully saturated rings. The minimum Gasteiger partial charge on any atom is -0.487 e. The fourth-order valence-electron chi connectivity index (χ4n) is 3.49. The Labute approximate surface area is 176 Å². The van der Waals surface area contributed by atoms with E-state index in [0.717, 1.165) is 27.4 Å². The summed E-state index contributed by atoms with van der Waals surface area (Å²) in [4.78, 5) is 12.8. The van der Waals surface area contributed by atoms with Crippen LogP contribution >= 0.6 is 11.6 Å². The van der Waals surface area contributed by atoms with Crippen molar-refractivity contribution < 1.29 is 17.9 Å². The smallest absolute Gasteiger partial charge is 0.241 e. The molecule has 1 atom stereocenters. The molecule has 0 unspecified atom stereocenters. The second-order valence-corrected chi connectivity index (χ2v) is 10.3.